The monoisotopic (exact) mass is 299 g/mol. The van der Waals surface area contributed by atoms with Crippen LogP contribution in [0.25, 0.3) is 0 Å². The van der Waals surface area contributed by atoms with Crippen LogP contribution in [0.4, 0.5) is 0 Å². The lowest BCUT2D eigenvalue weighted by Crippen LogP contribution is -2.37. The quantitative estimate of drug-likeness (QED) is 0.850. The van der Waals surface area contributed by atoms with E-state index in [0.29, 0.717) is 18.8 Å². The molecule has 3 rings (SSSR count). The largest absolute Gasteiger partial charge is 0.376 e. The van der Waals surface area contributed by atoms with Gasteiger partial charge in [-0.1, -0.05) is 0 Å². The van der Waals surface area contributed by atoms with Gasteiger partial charge in [0.2, 0.25) is 0 Å². The van der Waals surface area contributed by atoms with Gasteiger partial charge in [-0.25, -0.2) is 0 Å². The molecule has 0 N–H and O–H groups in total. The lowest BCUT2D eigenvalue weighted by atomic mass is 10.2. The summed E-state index contributed by atoms with van der Waals surface area (Å²) in [5.74, 6) is 0.0415. The third-order valence-corrected chi connectivity index (χ3v) is 4.02. The first-order valence-corrected chi connectivity index (χ1v) is 7.65. The van der Waals surface area contributed by atoms with Crippen LogP contribution < -0.4 is 0 Å². The predicted octanol–water partition coefficient (Wildman–Crippen LogP) is 2.24. The highest BCUT2D eigenvalue weighted by molar-refractivity contribution is 5.92. The molecule has 2 aromatic rings. The number of aryl methyl sites for hydroxylation is 1. The van der Waals surface area contributed by atoms with Gasteiger partial charge < -0.3 is 14.2 Å². The van der Waals surface area contributed by atoms with E-state index in [2.05, 4.69) is 4.98 Å². The molecule has 0 bridgehead atoms. The molecule has 0 spiro atoms. The minimum Gasteiger partial charge on any atom is -0.376 e. The van der Waals surface area contributed by atoms with Crippen LogP contribution >= 0.6 is 0 Å². The first-order valence-electron chi connectivity index (χ1n) is 7.65. The molecule has 116 valence electrons. The van der Waals surface area contributed by atoms with Gasteiger partial charge in [-0.3, -0.25) is 9.78 Å². The van der Waals surface area contributed by atoms with Gasteiger partial charge in [-0.15, -0.1) is 0 Å². The normalized spacial score (nSPS) is 17.6. The van der Waals surface area contributed by atoms with Gasteiger partial charge in [-0.05, 0) is 42.7 Å². The van der Waals surface area contributed by atoms with Crippen LogP contribution in [0.15, 0.2) is 42.9 Å². The maximum Gasteiger partial charge on any atom is 0.270 e. The number of amides is 1. The molecule has 1 atom stereocenters. The third kappa shape index (κ3) is 3.36. The van der Waals surface area contributed by atoms with Crippen molar-refractivity contribution in [1.29, 1.82) is 0 Å². The van der Waals surface area contributed by atoms with E-state index in [1.165, 1.54) is 0 Å². The smallest absolute Gasteiger partial charge is 0.270 e. The average Bonchev–Trinajstić information content (AvgIpc) is 3.18. The molecule has 0 radical (unpaired) electrons. The summed E-state index contributed by atoms with van der Waals surface area (Å²) in [5.41, 5.74) is 1.78. The summed E-state index contributed by atoms with van der Waals surface area (Å²) in [4.78, 5) is 18.8. The fraction of sp³-hybridized carbons (Fsp3) is 0.412. The second-order valence-corrected chi connectivity index (χ2v) is 5.68. The van der Waals surface area contributed by atoms with Crippen LogP contribution in [-0.4, -0.2) is 39.6 Å². The summed E-state index contributed by atoms with van der Waals surface area (Å²) in [5, 5.41) is 0. The van der Waals surface area contributed by atoms with Crippen LogP contribution in [-0.2, 0) is 18.3 Å². The van der Waals surface area contributed by atoms with Gasteiger partial charge in [0.25, 0.3) is 5.91 Å². The zero-order chi connectivity index (χ0) is 15.4. The molecule has 0 aliphatic carbocycles. The minimum atomic E-state index is 0.0415. The van der Waals surface area contributed by atoms with E-state index in [-0.39, 0.29) is 12.0 Å². The summed E-state index contributed by atoms with van der Waals surface area (Å²) in [7, 11) is 1.89. The van der Waals surface area contributed by atoms with Gasteiger partial charge in [0.1, 0.15) is 5.69 Å². The molecule has 1 aliphatic rings. The molecule has 1 saturated heterocycles. The summed E-state index contributed by atoms with van der Waals surface area (Å²) in [6, 6.07) is 7.64. The van der Waals surface area contributed by atoms with Crippen LogP contribution in [0.5, 0.6) is 0 Å². The summed E-state index contributed by atoms with van der Waals surface area (Å²) in [6.45, 7) is 2.00. The van der Waals surface area contributed by atoms with Crippen LogP contribution in [0.1, 0.15) is 28.9 Å². The maximum absolute atomic E-state index is 12.9. The Morgan fingerprint density at radius 1 is 1.41 bits per heavy atom. The SMILES string of the molecule is Cn1cccc1C(=O)N(Cc1ccncc1)CC1CCCO1. The number of aromatic nitrogens is 2. The molecule has 1 aliphatic heterocycles. The molecule has 5 heteroatoms. The van der Waals surface area contributed by atoms with Gasteiger partial charge in [0.15, 0.2) is 0 Å². The Kier molecular flexibility index (Phi) is 4.53. The van der Waals surface area contributed by atoms with Crippen molar-refractivity contribution in [2.45, 2.75) is 25.5 Å². The number of hydrogen-bond acceptors (Lipinski definition) is 3. The number of carbonyl (C=O) groups excluding carboxylic acids is 1. The summed E-state index contributed by atoms with van der Waals surface area (Å²) < 4.78 is 7.56. The van der Waals surface area contributed by atoms with E-state index < -0.39 is 0 Å². The minimum absolute atomic E-state index is 0.0415. The Hall–Kier alpha value is -2.14. The van der Waals surface area contributed by atoms with Crippen molar-refractivity contribution < 1.29 is 9.53 Å². The Balaban J connectivity index is 1.78. The summed E-state index contributed by atoms with van der Waals surface area (Å²) >= 11 is 0. The van der Waals surface area contributed by atoms with Crippen LogP contribution in [0.2, 0.25) is 0 Å². The molecule has 2 aromatic heterocycles. The van der Waals surface area contributed by atoms with E-state index >= 15 is 0 Å². The zero-order valence-corrected chi connectivity index (χ0v) is 12.8. The molecule has 0 aromatic carbocycles. The topological polar surface area (TPSA) is 47.4 Å². The van der Waals surface area contributed by atoms with E-state index in [1.807, 2.05) is 47.0 Å². The predicted molar refractivity (Wildman–Crippen MR) is 83.4 cm³/mol. The molecule has 1 unspecified atom stereocenters. The van der Waals surface area contributed by atoms with Gasteiger partial charge >= 0.3 is 0 Å². The van der Waals surface area contributed by atoms with E-state index in [4.69, 9.17) is 4.74 Å². The van der Waals surface area contributed by atoms with E-state index in [0.717, 1.165) is 25.0 Å². The summed E-state index contributed by atoms with van der Waals surface area (Å²) in [6.07, 6.45) is 7.65. The van der Waals surface area contributed by atoms with Crippen molar-refractivity contribution in [2.24, 2.45) is 7.05 Å². The van der Waals surface area contributed by atoms with Gasteiger partial charge in [0.05, 0.1) is 6.10 Å². The van der Waals surface area contributed by atoms with Crippen LogP contribution in [0.3, 0.4) is 0 Å². The highest BCUT2D eigenvalue weighted by atomic mass is 16.5. The Labute approximate surface area is 130 Å². The van der Waals surface area contributed by atoms with Crippen molar-refractivity contribution in [3.05, 3.63) is 54.1 Å². The number of carbonyl (C=O) groups is 1. The Morgan fingerprint density at radius 3 is 2.86 bits per heavy atom. The average molecular weight is 299 g/mol. The van der Waals surface area contributed by atoms with Crippen molar-refractivity contribution in [1.82, 2.24) is 14.5 Å². The number of hydrogen-bond donors (Lipinski definition) is 0. The van der Waals surface area contributed by atoms with Gasteiger partial charge in [0, 0.05) is 45.3 Å². The van der Waals surface area contributed by atoms with Crippen molar-refractivity contribution >= 4 is 5.91 Å². The van der Waals surface area contributed by atoms with Crippen molar-refractivity contribution in [3.8, 4) is 0 Å². The highest BCUT2D eigenvalue weighted by Gasteiger charge is 2.24. The molecule has 1 fully saturated rings. The second kappa shape index (κ2) is 6.75. The number of nitrogens with zero attached hydrogens (tertiary/aromatic N) is 3. The first-order chi connectivity index (χ1) is 10.7. The third-order valence-electron chi connectivity index (χ3n) is 4.02. The lowest BCUT2D eigenvalue weighted by molar-refractivity contribution is 0.0500. The highest BCUT2D eigenvalue weighted by Crippen LogP contribution is 2.17. The molecule has 5 nitrogen and oxygen atoms in total. The molecular formula is C17H21N3O2. The van der Waals surface area contributed by atoms with Crippen LogP contribution in [0, 0.1) is 0 Å². The fourth-order valence-electron chi connectivity index (χ4n) is 2.81. The molecule has 22 heavy (non-hydrogen) atoms. The molecule has 3 heterocycles. The number of rotatable bonds is 5. The molecule has 1 amide bonds. The molecular weight excluding hydrogens is 278 g/mol. The Morgan fingerprint density at radius 2 is 2.23 bits per heavy atom. The fourth-order valence-corrected chi connectivity index (χ4v) is 2.81. The lowest BCUT2D eigenvalue weighted by Gasteiger charge is -2.25. The number of pyridine rings is 1. The Bertz CT molecular complexity index is 618. The maximum atomic E-state index is 12.9. The van der Waals surface area contributed by atoms with E-state index in [1.54, 1.807) is 12.4 Å². The van der Waals surface area contributed by atoms with Gasteiger partial charge in [-0.2, -0.15) is 0 Å². The molecule has 0 saturated carbocycles. The van der Waals surface area contributed by atoms with Crippen molar-refractivity contribution in [2.75, 3.05) is 13.2 Å². The second-order valence-electron chi connectivity index (χ2n) is 5.68. The van der Waals surface area contributed by atoms with Crippen molar-refractivity contribution in [3.63, 3.8) is 0 Å². The zero-order valence-electron chi connectivity index (χ0n) is 12.8. The van der Waals surface area contributed by atoms with E-state index in [9.17, 15) is 4.79 Å². The first kappa shape index (κ1) is 14.8. The number of ether oxygens (including phenoxy) is 1. The standard InChI is InChI=1S/C17H21N3O2/c1-19-10-2-5-16(19)17(21)20(13-15-4-3-11-22-15)12-14-6-8-18-9-7-14/h2,5-10,15H,3-4,11-13H2,1H3.